The number of carbonyl (C=O) groups excluding carboxylic acids is 2. The fourth-order valence-electron chi connectivity index (χ4n) is 2.46. The van der Waals surface area contributed by atoms with Crippen LogP contribution in [0.25, 0.3) is 0 Å². The van der Waals surface area contributed by atoms with Gasteiger partial charge in [0.1, 0.15) is 0 Å². The van der Waals surface area contributed by atoms with Gasteiger partial charge in [0, 0.05) is 38.5 Å². The Hall–Kier alpha value is -1.06. The van der Waals surface area contributed by atoms with E-state index in [1.807, 2.05) is 9.80 Å². The molecule has 18 heavy (non-hydrogen) atoms. The monoisotopic (exact) mass is 252 g/mol. The molecule has 0 spiro atoms. The van der Waals surface area contributed by atoms with E-state index < -0.39 is 0 Å². The molecule has 4 nitrogen and oxygen atoms in total. The molecule has 0 atom stereocenters. The third-order valence-corrected chi connectivity index (χ3v) is 3.83. The summed E-state index contributed by atoms with van der Waals surface area (Å²) in [6.07, 6.45) is 5.75. The maximum Gasteiger partial charge on any atom is 0.225 e. The summed E-state index contributed by atoms with van der Waals surface area (Å²) in [6.45, 7) is 5.20. The van der Waals surface area contributed by atoms with E-state index in [-0.39, 0.29) is 5.91 Å². The Bertz CT molecular complexity index is 313. The van der Waals surface area contributed by atoms with Crippen LogP contribution in [0, 0.1) is 5.92 Å². The van der Waals surface area contributed by atoms with Gasteiger partial charge in [0.25, 0.3) is 0 Å². The van der Waals surface area contributed by atoms with Gasteiger partial charge in [-0.05, 0) is 25.7 Å². The molecule has 2 rings (SSSR count). The topological polar surface area (TPSA) is 40.6 Å². The number of carbonyl (C=O) groups is 2. The summed E-state index contributed by atoms with van der Waals surface area (Å²) in [5.41, 5.74) is 0. The summed E-state index contributed by atoms with van der Waals surface area (Å²) in [5.74, 6) is 0.878. The number of rotatable bonds is 4. The Morgan fingerprint density at radius 3 is 2.39 bits per heavy atom. The van der Waals surface area contributed by atoms with Crippen LogP contribution in [-0.4, -0.2) is 47.8 Å². The second-order valence-electron chi connectivity index (χ2n) is 5.44. The molecule has 102 valence electrons. The molecule has 1 saturated heterocycles. The molecule has 1 saturated carbocycles. The molecule has 0 N–H and O–H groups in total. The van der Waals surface area contributed by atoms with Crippen LogP contribution < -0.4 is 0 Å². The average molecular weight is 252 g/mol. The minimum atomic E-state index is 0.262. The van der Waals surface area contributed by atoms with Gasteiger partial charge >= 0.3 is 0 Å². The molecule has 1 aliphatic carbocycles. The first-order chi connectivity index (χ1) is 8.72. The lowest BCUT2D eigenvalue weighted by molar-refractivity contribution is -0.134. The van der Waals surface area contributed by atoms with E-state index in [9.17, 15) is 9.59 Å². The van der Waals surface area contributed by atoms with E-state index in [4.69, 9.17) is 0 Å². The van der Waals surface area contributed by atoms with Gasteiger partial charge in [0.2, 0.25) is 11.8 Å². The van der Waals surface area contributed by atoms with Crippen LogP contribution in [-0.2, 0) is 9.59 Å². The predicted molar refractivity (Wildman–Crippen MR) is 70.0 cm³/mol. The first-order valence-electron chi connectivity index (χ1n) is 7.29. The summed E-state index contributed by atoms with van der Waals surface area (Å²) >= 11 is 0. The molecule has 2 amide bonds. The number of amides is 2. The minimum absolute atomic E-state index is 0.262. The van der Waals surface area contributed by atoms with Gasteiger partial charge in [0.15, 0.2) is 0 Å². The van der Waals surface area contributed by atoms with Crippen molar-refractivity contribution in [2.75, 3.05) is 26.2 Å². The summed E-state index contributed by atoms with van der Waals surface area (Å²) in [6, 6.07) is 0. The highest BCUT2D eigenvalue weighted by Gasteiger charge is 2.34. The van der Waals surface area contributed by atoms with E-state index in [0.717, 1.165) is 58.3 Å². The third-order valence-electron chi connectivity index (χ3n) is 3.83. The van der Waals surface area contributed by atoms with Gasteiger partial charge in [0.05, 0.1) is 0 Å². The third kappa shape index (κ3) is 3.47. The smallest absolute Gasteiger partial charge is 0.225 e. The Balaban J connectivity index is 1.80. The predicted octanol–water partition coefficient (Wildman–Crippen LogP) is 1.65. The van der Waals surface area contributed by atoms with Crippen molar-refractivity contribution in [2.24, 2.45) is 5.92 Å². The number of hydrogen-bond donors (Lipinski definition) is 0. The van der Waals surface area contributed by atoms with E-state index in [0.29, 0.717) is 18.2 Å². The van der Waals surface area contributed by atoms with Gasteiger partial charge in [-0.3, -0.25) is 9.59 Å². The maximum atomic E-state index is 12.0. The zero-order valence-corrected chi connectivity index (χ0v) is 11.4. The first-order valence-corrected chi connectivity index (χ1v) is 7.29. The molecule has 4 heteroatoms. The van der Waals surface area contributed by atoms with E-state index in [1.165, 1.54) is 0 Å². The molecule has 2 fully saturated rings. The maximum absolute atomic E-state index is 12.0. The normalized spacial score (nSPS) is 20.7. The van der Waals surface area contributed by atoms with Gasteiger partial charge < -0.3 is 9.80 Å². The Labute approximate surface area is 109 Å². The molecule has 0 aromatic carbocycles. The van der Waals surface area contributed by atoms with E-state index >= 15 is 0 Å². The lowest BCUT2D eigenvalue weighted by Gasteiger charge is -2.22. The van der Waals surface area contributed by atoms with Crippen LogP contribution in [0.2, 0.25) is 0 Å². The summed E-state index contributed by atoms with van der Waals surface area (Å²) in [7, 11) is 0. The van der Waals surface area contributed by atoms with Crippen molar-refractivity contribution >= 4 is 11.8 Å². The molecule has 0 unspecified atom stereocenters. The summed E-state index contributed by atoms with van der Waals surface area (Å²) < 4.78 is 0. The van der Waals surface area contributed by atoms with Gasteiger partial charge in [-0.15, -0.1) is 0 Å². The molecule has 0 aromatic heterocycles. The molecule has 0 aromatic rings. The number of nitrogens with zero attached hydrogens (tertiary/aromatic N) is 2. The van der Waals surface area contributed by atoms with Crippen molar-refractivity contribution < 1.29 is 9.59 Å². The largest absolute Gasteiger partial charge is 0.341 e. The zero-order chi connectivity index (χ0) is 13.0. The standard InChI is InChI=1S/C14H24N2O2/c1-2-3-5-13(17)15-8-4-9-16(11-10-15)14(18)12-6-7-12/h12H,2-11H2,1H3. The zero-order valence-electron chi connectivity index (χ0n) is 11.4. The molecule has 0 radical (unpaired) electrons. The molecular formula is C14H24N2O2. The second kappa shape index (κ2) is 6.21. The van der Waals surface area contributed by atoms with Gasteiger partial charge in [-0.25, -0.2) is 0 Å². The Kier molecular flexibility index (Phi) is 4.61. The minimum Gasteiger partial charge on any atom is -0.341 e. The highest BCUT2D eigenvalue weighted by atomic mass is 16.2. The lowest BCUT2D eigenvalue weighted by Crippen LogP contribution is -2.37. The second-order valence-corrected chi connectivity index (χ2v) is 5.44. The molecule has 0 bridgehead atoms. The fourth-order valence-corrected chi connectivity index (χ4v) is 2.46. The van der Waals surface area contributed by atoms with Crippen LogP contribution >= 0.6 is 0 Å². The van der Waals surface area contributed by atoms with Crippen molar-refractivity contribution in [1.82, 2.24) is 9.80 Å². The quantitative estimate of drug-likeness (QED) is 0.763. The fraction of sp³-hybridized carbons (Fsp3) is 0.857. The lowest BCUT2D eigenvalue weighted by atomic mass is 10.2. The van der Waals surface area contributed by atoms with Crippen molar-refractivity contribution in [3.63, 3.8) is 0 Å². The van der Waals surface area contributed by atoms with Crippen LogP contribution in [0.15, 0.2) is 0 Å². The first kappa shape index (κ1) is 13.4. The van der Waals surface area contributed by atoms with Gasteiger partial charge in [-0.2, -0.15) is 0 Å². The molecular weight excluding hydrogens is 228 g/mol. The highest BCUT2D eigenvalue weighted by Crippen LogP contribution is 2.31. The van der Waals surface area contributed by atoms with Crippen LogP contribution in [0.1, 0.15) is 45.4 Å². The van der Waals surface area contributed by atoms with Crippen molar-refractivity contribution in [3.8, 4) is 0 Å². The van der Waals surface area contributed by atoms with E-state index in [1.54, 1.807) is 0 Å². The van der Waals surface area contributed by atoms with Crippen LogP contribution in [0.3, 0.4) is 0 Å². The molecule has 1 heterocycles. The molecule has 1 aliphatic heterocycles. The number of unbranched alkanes of at least 4 members (excludes halogenated alkanes) is 1. The van der Waals surface area contributed by atoms with Crippen LogP contribution in [0.5, 0.6) is 0 Å². The van der Waals surface area contributed by atoms with Crippen molar-refractivity contribution in [2.45, 2.75) is 45.4 Å². The summed E-state index contributed by atoms with van der Waals surface area (Å²) in [4.78, 5) is 27.8. The Morgan fingerprint density at radius 1 is 1.06 bits per heavy atom. The summed E-state index contributed by atoms with van der Waals surface area (Å²) in [5, 5.41) is 0. The SMILES string of the molecule is CCCCC(=O)N1CCCN(C(=O)C2CC2)CC1. The van der Waals surface area contributed by atoms with E-state index in [2.05, 4.69) is 6.92 Å². The molecule has 2 aliphatic rings. The Morgan fingerprint density at radius 2 is 1.72 bits per heavy atom. The number of hydrogen-bond acceptors (Lipinski definition) is 2. The average Bonchev–Trinajstić information content (AvgIpc) is 3.20. The van der Waals surface area contributed by atoms with Crippen LogP contribution in [0.4, 0.5) is 0 Å². The van der Waals surface area contributed by atoms with Crippen molar-refractivity contribution in [3.05, 3.63) is 0 Å². The highest BCUT2D eigenvalue weighted by molar-refractivity contribution is 5.81. The van der Waals surface area contributed by atoms with Gasteiger partial charge in [-0.1, -0.05) is 13.3 Å². The van der Waals surface area contributed by atoms with Crippen molar-refractivity contribution in [1.29, 1.82) is 0 Å².